The lowest BCUT2D eigenvalue weighted by Gasteiger charge is -2.09. The number of hydrogen-bond donors (Lipinski definition) is 0. The third kappa shape index (κ3) is 7.67. The van der Waals surface area contributed by atoms with Crippen LogP contribution in [-0.4, -0.2) is 34.0 Å². The molecule has 192 valence electrons. The third-order valence-electron chi connectivity index (χ3n) is 5.75. The van der Waals surface area contributed by atoms with Gasteiger partial charge in [0, 0.05) is 18.4 Å². The van der Waals surface area contributed by atoms with Gasteiger partial charge in [0.05, 0.1) is 12.8 Å². The van der Waals surface area contributed by atoms with E-state index in [1.807, 2.05) is 48.5 Å². The van der Waals surface area contributed by atoms with Crippen molar-refractivity contribution >= 4 is 5.78 Å². The molecular formula is C28H26F3N3O3. The van der Waals surface area contributed by atoms with Crippen molar-refractivity contribution in [1.29, 1.82) is 0 Å². The maximum atomic E-state index is 12.3. The number of aryl methyl sites for hydroxylation is 1. The van der Waals surface area contributed by atoms with Gasteiger partial charge in [-0.15, -0.1) is 18.3 Å². The number of rotatable bonds is 11. The van der Waals surface area contributed by atoms with Crippen LogP contribution in [0.3, 0.4) is 0 Å². The predicted octanol–water partition coefficient (Wildman–Crippen LogP) is 6.37. The molecule has 0 atom stereocenters. The average molecular weight is 510 g/mol. The molecule has 0 aliphatic carbocycles. The summed E-state index contributed by atoms with van der Waals surface area (Å²) in [7, 11) is 1.61. The smallest absolute Gasteiger partial charge is 0.497 e. The summed E-state index contributed by atoms with van der Waals surface area (Å²) in [6, 6.07) is 20.9. The summed E-state index contributed by atoms with van der Waals surface area (Å²) >= 11 is 0. The summed E-state index contributed by atoms with van der Waals surface area (Å²) in [5, 5.41) is 4.42. The van der Waals surface area contributed by atoms with E-state index in [0.29, 0.717) is 24.4 Å². The number of benzene rings is 3. The van der Waals surface area contributed by atoms with Gasteiger partial charge in [0.1, 0.15) is 23.6 Å². The number of nitrogens with zero attached hydrogens (tertiary/aromatic N) is 3. The van der Waals surface area contributed by atoms with Gasteiger partial charge < -0.3 is 9.47 Å². The molecule has 3 aromatic carbocycles. The molecular weight excluding hydrogens is 483 g/mol. The molecule has 1 aromatic heterocycles. The molecule has 1 heterocycles. The SMILES string of the molecule is COc1cccc(CC(=O)CCCCc2ccc(-c3ncn(-c4ccc(OC(F)(F)F)cc4)n3)cc2)c1. The Morgan fingerprint density at radius 1 is 0.919 bits per heavy atom. The second-order valence-electron chi connectivity index (χ2n) is 8.53. The highest BCUT2D eigenvalue weighted by Crippen LogP contribution is 2.24. The lowest BCUT2D eigenvalue weighted by molar-refractivity contribution is -0.274. The molecule has 0 aliphatic heterocycles. The maximum absolute atomic E-state index is 12.3. The number of Topliss-reactive ketones (excluding diaryl/α,β-unsaturated/α-hetero) is 1. The van der Waals surface area contributed by atoms with E-state index in [-0.39, 0.29) is 11.5 Å². The number of aromatic nitrogens is 3. The number of ketones is 1. The molecule has 4 rings (SSSR count). The van der Waals surface area contributed by atoms with E-state index in [1.165, 1.54) is 35.3 Å². The normalized spacial score (nSPS) is 11.4. The highest BCUT2D eigenvalue weighted by molar-refractivity contribution is 5.80. The number of carbonyl (C=O) groups excluding carboxylic acids is 1. The summed E-state index contributed by atoms with van der Waals surface area (Å²) in [5.41, 5.74) is 3.51. The first-order chi connectivity index (χ1) is 17.8. The highest BCUT2D eigenvalue weighted by Gasteiger charge is 2.31. The first-order valence-corrected chi connectivity index (χ1v) is 11.8. The molecule has 0 unspecified atom stereocenters. The van der Waals surface area contributed by atoms with Crippen molar-refractivity contribution in [3.05, 3.63) is 90.3 Å². The van der Waals surface area contributed by atoms with Crippen LogP contribution >= 0.6 is 0 Å². The first-order valence-electron chi connectivity index (χ1n) is 11.8. The zero-order valence-electron chi connectivity index (χ0n) is 20.2. The fourth-order valence-corrected chi connectivity index (χ4v) is 3.89. The van der Waals surface area contributed by atoms with E-state index in [9.17, 15) is 18.0 Å². The lowest BCUT2D eigenvalue weighted by Crippen LogP contribution is -2.17. The van der Waals surface area contributed by atoms with E-state index < -0.39 is 6.36 Å². The van der Waals surface area contributed by atoms with Gasteiger partial charge in [-0.2, -0.15) is 0 Å². The maximum Gasteiger partial charge on any atom is 0.573 e. The molecule has 0 radical (unpaired) electrons. The minimum Gasteiger partial charge on any atom is -0.497 e. The van der Waals surface area contributed by atoms with Crippen LogP contribution in [0, 0.1) is 0 Å². The van der Waals surface area contributed by atoms with Gasteiger partial charge >= 0.3 is 6.36 Å². The van der Waals surface area contributed by atoms with Gasteiger partial charge in [0.2, 0.25) is 0 Å². The number of carbonyl (C=O) groups is 1. The standard InChI is InChI=1S/C28H26F3N3O3/c1-36-26-8-4-6-21(18-26)17-24(35)7-3-2-5-20-9-11-22(12-10-20)27-32-19-34(33-27)23-13-15-25(16-14-23)37-28(29,30)31/h4,6,8-16,18-19H,2-3,5,7,17H2,1H3. The number of halogens is 3. The minimum absolute atomic E-state index is 0.216. The average Bonchev–Trinajstić information content (AvgIpc) is 3.37. The molecule has 4 aromatic rings. The van der Waals surface area contributed by atoms with Crippen molar-refractivity contribution in [2.24, 2.45) is 0 Å². The molecule has 0 spiro atoms. The molecule has 0 N–H and O–H groups in total. The Kier molecular flexibility index (Phi) is 8.22. The van der Waals surface area contributed by atoms with Crippen LogP contribution < -0.4 is 9.47 Å². The quantitative estimate of drug-likeness (QED) is 0.220. The number of hydrogen-bond acceptors (Lipinski definition) is 5. The molecule has 0 bridgehead atoms. The number of ether oxygens (including phenoxy) is 2. The molecule has 6 nitrogen and oxygen atoms in total. The van der Waals surface area contributed by atoms with Crippen LogP contribution in [0.25, 0.3) is 17.1 Å². The van der Waals surface area contributed by atoms with Gasteiger partial charge in [-0.1, -0.05) is 36.4 Å². The van der Waals surface area contributed by atoms with Crippen molar-refractivity contribution in [1.82, 2.24) is 14.8 Å². The summed E-state index contributed by atoms with van der Waals surface area (Å²) in [5.74, 6) is 1.18. The fourth-order valence-electron chi connectivity index (χ4n) is 3.89. The van der Waals surface area contributed by atoms with E-state index in [4.69, 9.17) is 4.74 Å². The molecule has 9 heteroatoms. The minimum atomic E-state index is -4.73. The summed E-state index contributed by atoms with van der Waals surface area (Å²) in [6.45, 7) is 0. The second kappa shape index (κ2) is 11.7. The van der Waals surface area contributed by atoms with Crippen LogP contribution in [-0.2, 0) is 17.6 Å². The topological polar surface area (TPSA) is 66.2 Å². The number of methoxy groups -OCH3 is 1. The van der Waals surface area contributed by atoms with Crippen molar-refractivity contribution in [2.45, 2.75) is 38.5 Å². The molecule has 37 heavy (non-hydrogen) atoms. The van der Waals surface area contributed by atoms with Crippen molar-refractivity contribution in [3.63, 3.8) is 0 Å². The molecule has 0 saturated heterocycles. The largest absolute Gasteiger partial charge is 0.573 e. The van der Waals surface area contributed by atoms with E-state index >= 15 is 0 Å². The summed E-state index contributed by atoms with van der Waals surface area (Å²) in [4.78, 5) is 16.6. The zero-order chi connectivity index (χ0) is 26.3. The lowest BCUT2D eigenvalue weighted by atomic mass is 10.0. The third-order valence-corrected chi connectivity index (χ3v) is 5.75. The summed E-state index contributed by atoms with van der Waals surface area (Å²) < 4.78 is 47.6. The van der Waals surface area contributed by atoms with Crippen LogP contribution in [0.1, 0.15) is 30.4 Å². The second-order valence-corrected chi connectivity index (χ2v) is 8.53. The van der Waals surface area contributed by atoms with Crippen LogP contribution in [0.2, 0.25) is 0 Å². The van der Waals surface area contributed by atoms with Gasteiger partial charge in [-0.3, -0.25) is 4.79 Å². The molecule has 0 aliphatic rings. The Bertz CT molecular complexity index is 1320. The molecule has 0 amide bonds. The Morgan fingerprint density at radius 3 is 2.38 bits per heavy atom. The van der Waals surface area contributed by atoms with E-state index in [1.54, 1.807) is 7.11 Å². The van der Waals surface area contributed by atoms with Crippen molar-refractivity contribution < 1.29 is 27.4 Å². The van der Waals surface area contributed by atoms with Crippen LogP contribution in [0.15, 0.2) is 79.1 Å². The fraction of sp³-hybridized carbons (Fsp3) is 0.250. The monoisotopic (exact) mass is 509 g/mol. The molecule has 0 fully saturated rings. The predicted molar refractivity (Wildman–Crippen MR) is 133 cm³/mol. The first kappa shape index (κ1) is 25.9. The van der Waals surface area contributed by atoms with Crippen molar-refractivity contribution in [3.8, 4) is 28.6 Å². The Hall–Kier alpha value is -4.14. The van der Waals surface area contributed by atoms with Crippen molar-refractivity contribution in [2.75, 3.05) is 7.11 Å². The van der Waals surface area contributed by atoms with E-state index in [0.717, 1.165) is 41.7 Å². The van der Waals surface area contributed by atoms with Gasteiger partial charge in [0.25, 0.3) is 0 Å². The number of alkyl halides is 3. The van der Waals surface area contributed by atoms with E-state index in [2.05, 4.69) is 14.8 Å². The van der Waals surface area contributed by atoms with Crippen LogP contribution in [0.5, 0.6) is 11.5 Å². The van der Waals surface area contributed by atoms with Gasteiger partial charge in [0.15, 0.2) is 5.82 Å². The highest BCUT2D eigenvalue weighted by atomic mass is 19.4. The zero-order valence-corrected chi connectivity index (χ0v) is 20.2. The van der Waals surface area contributed by atoms with Crippen LogP contribution in [0.4, 0.5) is 13.2 Å². The Balaban J connectivity index is 1.25. The van der Waals surface area contributed by atoms with Gasteiger partial charge in [-0.05, 0) is 66.8 Å². The summed E-state index contributed by atoms with van der Waals surface area (Å²) in [6.07, 6.45) is 0.319. The van der Waals surface area contributed by atoms with Gasteiger partial charge in [-0.25, -0.2) is 9.67 Å². The Labute approximate surface area is 212 Å². The Morgan fingerprint density at radius 2 is 1.68 bits per heavy atom. The number of unbranched alkanes of at least 4 members (excludes halogenated alkanes) is 1. The molecule has 0 saturated carbocycles.